The lowest BCUT2D eigenvalue weighted by Crippen LogP contribution is -2.36. The number of nitrogens with one attached hydrogen (secondary N) is 2. The zero-order chi connectivity index (χ0) is 13.5. The number of hydrogen-bond donors (Lipinski definition) is 2. The molecule has 2 amide bonds. The summed E-state index contributed by atoms with van der Waals surface area (Å²) >= 11 is 1.63. The number of thiazole rings is 1. The van der Waals surface area contributed by atoms with Gasteiger partial charge < -0.3 is 10.6 Å². The summed E-state index contributed by atoms with van der Waals surface area (Å²) in [6.45, 7) is 3.12. The van der Waals surface area contributed by atoms with E-state index in [2.05, 4.69) is 15.6 Å². The molecule has 0 fully saturated rings. The third kappa shape index (κ3) is 4.71. The molecule has 1 aromatic carbocycles. The van der Waals surface area contributed by atoms with Gasteiger partial charge in [-0.15, -0.1) is 11.3 Å². The fourth-order valence-corrected chi connectivity index (χ4v) is 2.42. The first-order chi connectivity index (χ1) is 9.24. The zero-order valence-corrected chi connectivity index (χ0v) is 11.7. The van der Waals surface area contributed by atoms with E-state index in [1.807, 2.05) is 42.6 Å². The smallest absolute Gasteiger partial charge is 0.315 e. The molecule has 0 saturated heterocycles. The van der Waals surface area contributed by atoms with E-state index >= 15 is 0 Å². The summed E-state index contributed by atoms with van der Waals surface area (Å²) in [5.74, 6) is 0. The van der Waals surface area contributed by atoms with E-state index in [4.69, 9.17) is 0 Å². The Kier molecular flexibility index (Phi) is 4.92. The Morgan fingerprint density at radius 1 is 1.26 bits per heavy atom. The number of benzene rings is 1. The third-order valence-corrected chi connectivity index (χ3v) is 3.61. The molecule has 2 N–H and O–H groups in total. The summed E-state index contributed by atoms with van der Waals surface area (Å²) in [5, 5.41) is 8.73. The summed E-state index contributed by atoms with van der Waals surface area (Å²) < 4.78 is 0. The van der Waals surface area contributed by atoms with E-state index in [1.54, 1.807) is 11.3 Å². The standard InChI is InChI=1S/C14H17N3OS/c1-11-10-19-13(17-11)7-8-15-14(18)16-9-12-5-3-2-4-6-12/h2-6,10H,7-9H2,1H3,(H2,15,16,18). The molecule has 19 heavy (non-hydrogen) atoms. The van der Waals surface area contributed by atoms with Gasteiger partial charge in [-0.05, 0) is 12.5 Å². The van der Waals surface area contributed by atoms with Crippen molar-refractivity contribution in [2.24, 2.45) is 0 Å². The highest BCUT2D eigenvalue weighted by Gasteiger charge is 2.02. The van der Waals surface area contributed by atoms with Crippen molar-refractivity contribution in [3.05, 3.63) is 52.0 Å². The molecule has 1 heterocycles. The minimum atomic E-state index is -0.142. The van der Waals surface area contributed by atoms with Crippen molar-refractivity contribution in [2.45, 2.75) is 19.9 Å². The van der Waals surface area contributed by atoms with Crippen LogP contribution >= 0.6 is 11.3 Å². The molecule has 0 aliphatic heterocycles. The first kappa shape index (κ1) is 13.5. The largest absolute Gasteiger partial charge is 0.338 e. The van der Waals surface area contributed by atoms with Gasteiger partial charge in [0.15, 0.2) is 0 Å². The van der Waals surface area contributed by atoms with Gasteiger partial charge in [0.1, 0.15) is 0 Å². The maximum Gasteiger partial charge on any atom is 0.315 e. The number of carbonyl (C=O) groups excluding carboxylic acids is 1. The normalized spacial score (nSPS) is 10.2. The van der Waals surface area contributed by atoms with Crippen LogP contribution in [0.5, 0.6) is 0 Å². The number of aryl methyl sites for hydroxylation is 1. The maximum absolute atomic E-state index is 11.6. The van der Waals surface area contributed by atoms with Crippen LogP contribution in [0.15, 0.2) is 35.7 Å². The van der Waals surface area contributed by atoms with Crippen LogP contribution in [-0.2, 0) is 13.0 Å². The minimum Gasteiger partial charge on any atom is -0.338 e. The number of nitrogens with zero attached hydrogens (tertiary/aromatic N) is 1. The van der Waals surface area contributed by atoms with Gasteiger partial charge in [0.25, 0.3) is 0 Å². The van der Waals surface area contributed by atoms with Gasteiger partial charge in [0.2, 0.25) is 0 Å². The lowest BCUT2D eigenvalue weighted by atomic mass is 10.2. The van der Waals surface area contributed by atoms with E-state index in [9.17, 15) is 4.79 Å². The monoisotopic (exact) mass is 275 g/mol. The van der Waals surface area contributed by atoms with Gasteiger partial charge in [-0.2, -0.15) is 0 Å². The Labute approximate surface area is 116 Å². The average Bonchev–Trinajstić information content (AvgIpc) is 2.83. The molecule has 5 heteroatoms. The lowest BCUT2D eigenvalue weighted by molar-refractivity contribution is 0.240. The fourth-order valence-electron chi connectivity index (χ4n) is 1.64. The summed E-state index contributed by atoms with van der Waals surface area (Å²) in [4.78, 5) is 15.9. The first-order valence-electron chi connectivity index (χ1n) is 6.20. The van der Waals surface area contributed by atoms with Crippen molar-refractivity contribution in [1.82, 2.24) is 15.6 Å². The second-order valence-corrected chi connectivity index (χ2v) is 5.17. The molecule has 100 valence electrons. The molecule has 0 aliphatic rings. The Morgan fingerprint density at radius 2 is 2.05 bits per heavy atom. The molecule has 0 atom stereocenters. The SMILES string of the molecule is Cc1csc(CCNC(=O)NCc2ccccc2)n1. The van der Waals surface area contributed by atoms with E-state index in [-0.39, 0.29) is 6.03 Å². The average molecular weight is 275 g/mol. The number of hydrogen-bond acceptors (Lipinski definition) is 3. The van der Waals surface area contributed by atoms with Gasteiger partial charge in [0, 0.05) is 30.6 Å². The van der Waals surface area contributed by atoms with E-state index in [0.717, 1.165) is 22.7 Å². The van der Waals surface area contributed by atoms with E-state index < -0.39 is 0 Å². The molecular formula is C14H17N3OS. The van der Waals surface area contributed by atoms with Crippen LogP contribution in [0.4, 0.5) is 4.79 Å². The number of carbonyl (C=O) groups is 1. The number of amides is 2. The summed E-state index contributed by atoms with van der Waals surface area (Å²) in [6, 6.07) is 9.70. The number of aromatic nitrogens is 1. The first-order valence-corrected chi connectivity index (χ1v) is 7.08. The van der Waals surface area contributed by atoms with Crippen molar-refractivity contribution < 1.29 is 4.79 Å². The summed E-state index contributed by atoms with van der Waals surface area (Å²) in [7, 11) is 0. The zero-order valence-electron chi connectivity index (χ0n) is 10.8. The molecular weight excluding hydrogens is 258 g/mol. The van der Waals surface area contributed by atoms with Crippen molar-refractivity contribution in [3.63, 3.8) is 0 Å². The highest BCUT2D eigenvalue weighted by molar-refractivity contribution is 7.09. The number of urea groups is 1. The van der Waals surface area contributed by atoms with Crippen molar-refractivity contribution in [1.29, 1.82) is 0 Å². The van der Waals surface area contributed by atoms with E-state index in [0.29, 0.717) is 13.1 Å². The molecule has 2 aromatic rings. The Bertz CT molecular complexity index is 524. The second-order valence-electron chi connectivity index (χ2n) is 4.23. The molecule has 0 radical (unpaired) electrons. The quantitative estimate of drug-likeness (QED) is 0.881. The predicted molar refractivity (Wildman–Crippen MR) is 77.2 cm³/mol. The molecule has 4 nitrogen and oxygen atoms in total. The molecule has 0 unspecified atom stereocenters. The van der Waals surface area contributed by atoms with Crippen molar-refractivity contribution in [2.75, 3.05) is 6.54 Å². The van der Waals surface area contributed by atoms with Crippen LogP contribution in [-0.4, -0.2) is 17.6 Å². The highest BCUT2D eigenvalue weighted by atomic mass is 32.1. The van der Waals surface area contributed by atoms with Crippen molar-refractivity contribution in [3.8, 4) is 0 Å². The number of rotatable bonds is 5. The predicted octanol–water partition coefficient (Wildman–Crippen LogP) is 2.49. The van der Waals surface area contributed by atoms with E-state index in [1.165, 1.54) is 0 Å². The van der Waals surface area contributed by atoms with Gasteiger partial charge in [-0.3, -0.25) is 0 Å². The molecule has 0 saturated carbocycles. The van der Waals surface area contributed by atoms with Crippen LogP contribution < -0.4 is 10.6 Å². The molecule has 0 bridgehead atoms. The lowest BCUT2D eigenvalue weighted by Gasteiger charge is -2.06. The van der Waals surface area contributed by atoms with Crippen LogP contribution in [0.3, 0.4) is 0 Å². The second kappa shape index (κ2) is 6.89. The molecule has 0 spiro atoms. The van der Waals surface area contributed by atoms with Gasteiger partial charge >= 0.3 is 6.03 Å². The Balaban J connectivity index is 1.65. The highest BCUT2D eigenvalue weighted by Crippen LogP contribution is 2.08. The van der Waals surface area contributed by atoms with Crippen molar-refractivity contribution >= 4 is 17.4 Å². The minimum absolute atomic E-state index is 0.142. The van der Waals surface area contributed by atoms with Crippen LogP contribution in [0.1, 0.15) is 16.3 Å². The topological polar surface area (TPSA) is 54.0 Å². The molecule has 2 rings (SSSR count). The fraction of sp³-hybridized carbons (Fsp3) is 0.286. The summed E-state index contributed by atoms with van der Waals surface area (Å²) in [5.41, 5.74) is 2.13. The van der Waals surface area contributed by atoms with Crippen LogP contribution in [0, 0.1) is 6.92 Å². The van der Waals surface area contributed by atoms with Gasteiger partial charge in [-0.1, -0.05) is 30.3 Å². The van der Waals surface area contributed by atoms with Crippen LogP contribution in [0.25, 0.3) is 0 Å². The molecule has 1 aromatic heterocycles. The Hall–Kier alpha value is -1.88. The third-order valence-electron chi connectivity index (χ3n) is 2.59. The molecule has 0 aliphatic carbocycles. The van der Waals surface area contributed by atoms with Gasteiger partial charge in [0.05, 0.1) is 5.01 Å². The Morgan fingerprint density at radius 3 is 2.74 bits per heavy atom. The maximum atomic E-state index is 11.6. The van der Waals surface area contributed by atoms with Crippen LogP contribution in [0.2, 0.25) is 0 Å². The van der Waals surface area contributed by atoms with Gasteiger partial charge in [-0.25, -0.2) is 9.78 Å². The summed E-state index contributed by atoms with van der Waals surface area (Å²) in [6.07, 6.45) is 0.775.